The minimum absolute atomic E-state index is 0.530. The van der Waals surface area contributed by atoms with Gasteiger partial charge in [-0.05, 0) is 58.1 Å². The molecule has 0 saturated carbocycles. The predicted molar refractivity (Wildman–Crippen MR) is 103 cm³/mol. The highest BCUT2D eigenvalue weighted by atomic mass is 79.9. The zero-order valence-corrected chi connectivity index (χ0v) is 15.2. The van der Waals surface area contributed by atoms with E-state index in [4.69, 9.17) is 4.98 Å². The molecule has 0 aliphatic heterocycles. The van der Waals surface area contributed by atoms with Gasteiger partial charge in [-0.3, -0.25) is 4.98 Å². The number of benzene rings is 1. The van der Waals surface area contributed by atoms with Crippen molar-refractivity contribution in [1.82, 2.24) is 9.97 Å². The van der Waals surface area contributed by atoms with Gasteiger partial charge in [0.2, 0.25) is 0 Å². The van der Waals surface area contributed by atoms with Crippen LogP contribution in [-0.4, -0.2) is 16.5 Å². The topological polar surface area (TPSA) is 37.8 Å². The lowest BCUT2D eigenvalue weighted by atomic mass is 10.0. The van der Waals surface area contributed by atoms with Gasteiger partial charge in [0.25, 0.3) is 0 Å². The van der Waals surface area contributed by atoms with Crippen LogP contribution in [0.2, 0.25) is 0 Å². The molecule has 0 aliphatic rings. The quantitative estimate of drug-likeness (QED) is 0.637. The molecule has 1 N–H and O–H groups in total. The summed E-state index contributed by atoms with van der Waals surface area (Å²) in [6.45, 7) is 3.14. The van der Waals surface area contributed by atoms with Crippen molar-refractivity contribution in [3.63, 3.8) is 0 Å². The second-order valence-electron chi connectivity index (χ2n) is 5.94. The van der Waals surface area contributed by atoms with Crippen LogP contribution in [0.15, 0.2) is 71.5 Å². The molecular formula is C20H20BrN3. The minimum atomic E-state index is 0.530. The minimum Gasteiger partial charge on any atom is -0.370 e. The summed E-state index contributed by atoms with van der Waals surface area (Å²) in [5.74, 6) is 1.42. The number of hydrogen-bond donors (Lipinski definition) is 1. The van der Waals surface area contributed by atoms with Gasteiger partial charge < -0.3 is 5.32 Å². The first-order chi connectivity index (χ1) is 11.7. The van der Waals surface area contributed by atoms with Crippen molar-refractivity contribution in [2.24, 2.45) is 5.92 Å². The smallest absolute Gasteiger partial charge is 0.126 e. The van der Waals surface area contributed by atoms with E-state index in [1.807, 2.05) is 24.3 Å². The maximum Gasteiger partial charge on any atom is 0.126 e. The highest BCUT2D eigenvalue weighted by Crippen LogP contribution is 2.27. The van der Waals surface area contributed by atoms with E-state index in [1.54, 1.807) is 12.4 Å². The average Bonchev–Trinajstić information content (AvgIpc) is 2.62. The molecule has 0 spiro atoms. The van der Waals surface area contributed by atoms with Gasteiger partial charge in [0.05, 0.1) is 5.69 Å². The summed E-state index contributed by atoms with van der Waals surface area (Å²) >= 11 is 3.58. The Morgan fingerprint density at radius 3 is 2.50 bits per heavy atom. The highest BCUT2D eigenvalue weighted by Gasteiger charge is 2.08. The lowest BCUT2D eigenvalue weighted by molar-refractivity contribution is 0.611. The largest absolute Gasteiger partial charge is 0.370 e. The molecular weight excluding hydrogens is 362 g/mol. The van der Waals surface area contributed by atoms with Crippen molar-refractivity contribution in [3.8, 4) is 11.3 Å². The Morgan fingerprint density at radius 1 is 1.00 bits per heavy atom. The monoisotopic (exact) mass is 381 g/mol. The van der Waals surface area contributed by atoms with Gasteiger partial charge in [0.1, 0.15) is 5.82 Å². The van der Waals surface area contributed by atoms with Gasteiger partial charge in [0, 0.05) is 29.0 Å². The molecule has 3 rings (SSSR count). The molecule has 1 aromatic carbocycles. The van der Waals surface area contributed by atoms with Crippen molar-refractivity contribution >= 4 is 21.7 Å². The summed E-state index contributed by atoms with van der Waals surface area (Å²) in [6, 6.07) is 18.6. The number of halogens is 1. The SMILES string of the molecule is CC(CNc1ccc(Br)c(-c2ccncc2)n1)Cc1ccccc1. The Balaban J connectivity index is 1.65. The van der Waals surface area contributed by atoms with Crippen LogP contribution >= 0.6 is 15.9 Å². The molecule has 3 nitrogen and oxygen atoms in total. The molecule has 0 bridgehead atoms. The number of nitrogens with one attached hydrogen (secondary N) is 1. The molecule has 2 heterocycles. The first-order valence-electron chi connectivity index (χ1n) is 8.07. The number of nitrogens with zero attached hydrogens (tertiary/aromatic N) is 2. The van der Waals surface area contributed by atoms with Crippen molar-refractivity contribution in [2.45, 2.75) is 13.3 Å². The molecule has 2 aromatic heterocycles. The first kappa shape index (κ1) is 16.7. The third kappa shape index (κ3) is 4.42. The van der Waals surface area contributed by atoms with Crippen LogP contribution in [0.25, 0.3) is 11.3 Å². The predicted octanol–water partition coefficient (Wildman–Crippen LogP) is 5.20. The highest BCUT2D eigenvalue weighted by molar-refractivity contribution is 9.10. The van der Waals surface area contributed by atoms with Gasteiger partial charge in [-0.15, -0.1) is 0 Å². The van der Waals surface area contributed by atoms with Crippen LogP contribution in [0.4, 0.5) is 5.82 Å². The van der Waals surface area contributed by atoms with E-state index in [0.717, 1.165) is 34.5 Å². The summed E-state index contributed by atoms with van der Waals surface area (Å²) in [4.78, 5) is 8.80. The third-order valence-corrected chi connectivity index (χ3v) is 4.50. The fourth-order valence-corrected chi connectivity index (χ4v) is 3.07. The molecule has 1 unspecified atom stereocenters. The summed E-state index contributed by atoms with van der Waals surface area (Å²) in [5.41, 5.74) is 3.35. The summed E-state index contributed by atoms with van der Waals surface area (Å²) in [7, 11) is 0. The number of anilines is 1. The molecule has 0 radical (unpaired) electrons. The van der Waals surface area contributed by atoms with E-state index in [9.17, 15) is 0 Å². The van der Waals surface area contributed by atoms with Gasteiger partial charge in [-0.25, -0.2) is 4.98 Å². The van der Waals surface area contributed by atoms with Crippen molar-refractivity contribution in [2.75, 3.05) is 11.9 Å². The van der Waals surface area contributed by atoms with Crippen molar-refractivity contribution in [3.05, 3.63) is 77.0 Å². The molecule has 0 saturated heterocycles. The molecule has 0 fully saturated rings. The zero-order valence-electron chi connectivity index (χ0n) is 13.6. The maximum absolute atomic E-state index is 4.74. The van der Waals surface area contributed by atoms with Crippen LogP contribution in [-0.2, 0) is 6.42 Å². The molecule has 24 heavy (non-hydrogen) atoms. The van der Waals surface area contributed by atoms with Gasteiger partial charge in [0.15, 0.2) is 0 Å². The third-order valence-electron chi connectivity index (χ3n) is 3.86. The Bertz CT molecular complexity index is 775. The molecule has 0 aliphatic carbocycles. The van der Waals surface area contributed by atoms with E-state index >= 15 is 0 Å². The Kier molecular flexibility index (Phi) is 5.59. The normalized spacial score (nSPS) is 11.9. The van der Waals surface area contributed by atoms with Crippen LogP contribution in [0.5, 0.6) is 0 Å². The standard InChI is InChI=1S/C20H20BrN3/c1-15(13-16-5-3-2-4-6-16)14-23-19-8-7-18(21)20(24-19)17-9-11-22-12-10-17/h2-12,15H,13-14H2,1H3,(H,23,24). The van der Waals surface area contributed by atoms with E-state index in [1.165, 1.54) is 5.56 Å². The number of rotatable bonds is 6. The maximum atomic E-state index is 4.74. The second-order valence-corrected chi connectivity index (χ2v) is 6.79. The molecule has 0 amide bonds. The lowest BCUT2D eigenvalue weighted by Crippen LogP contribution is -2.14. The lowest BCUT2D eigenvalue weighted by Gasteiger charge is -2.14. The van der Waals surface area contributed by atoms with Crippen LogP contribution in [0.1, 0.15) is 12.5 Å². The van der Waals surface area contributed by atoms with Gasteiger partial charge in [-0.2, -0.15) is 0 Å². The van der Waals surface area contributed by atoms with Gasteiger partial charge in [-0.1, -0.05) is 37.3 Å². The van der Waals surface area contributed by atoms with E-state index in [0.29, 0.717) is 5.92 Å². The van der Waals surface area contributed by atoms with E-state index in [-0.39, 0.29) is 0 Å². The van der Waals surface area contributed by atoms with Gasteiger partial charge >= 0.3 is 0 Å². The number of hydrogen-bond acceptors (Lipinski definition) is 3. The summed E-state index contributed by atoms with van der Waals surface area (Å²) in [6.07, 6.45) is 4.62. The second kappa shape index (κ2) is 8.06. The summed E-state index contributed by atoms with van der Waals surface area (Å²) in [5, 5.41) is 3.45. The Labute approximate surface area is 151 Å². The fraction of sp³-hybridized carbons (Fsp3) is 0.200. The average molecular weight is 382 g/mol. The number of pyridine rings is 2. The van der Waals surface area contributed by atoms with E-state index in [2.05, 4.69) is 63.5 Å². The Morgan fingerprint density at radius 2 is 1.75 bits per heavy atom. The number of aromatic nitrogens is 2. The molecule has 122 valence electrons. The molecule has 3 aromatic rings. The van der Waals surface area contributed by atoms with Crippen molar-refractivity contribution in [1.29, 1.82) is 0 Å². The molecule has 1 atom stereocenters. The first-order valence-corrected chi connectivity index (χ1v) is 8.86. The van der Waals surface area contributed by atoms with Crippen LogP contribution in [0.3, 0.4) is 0 Å². The summed E-state index contributed by atoms with van der Waals surface area (Å²) < 4.78 is 0.983. The zero-order chi connectivity index (χ0) is 16.8. The molecule has 4 heteroatoms. The Hall–Kier alpha value is -2.20. The van der Waals surface area contributed by atoms with Crippen molar-refractivity contribution < 1.29 is 0 Å². The fourth-order valence-electron chi connectivity index (χ4n) is 2.62. The van der Waals surface area contributed by atoms with Crippen LogP contribution in [0, 0.1) is 5.92 Å². The van der Waals surface area contributed by atoms with Crippen LogP contribution < -0.4 is 5.32 Å². The van der Waals surface area contributed by atoms with E-state index < -0.39 is 0 Å².